The number of H-pyrrole nitrogens is 1. The van der Waals surface area contributed by atoms with E-state index in [4.69, 9.17) is 15.2 Å². The van der Waals surface area contributed by atoms with Crippen molar-refractivity contribution in [1.82, 2.24) is 15.2 Å². The molecule has 4 rings (SSSR count). The number of hydrogen-bond acceptors (Lipinski definition) is 6. The van der Waals surface area contributed by atoms with E-state index in [1.807, 2.05) is 36.4 Å². The largest absolute Gasteiger partial charge is 0.454 e. The number of hydrogen-bond donors (Lipinski definition) is 3. The predicted molar refractivity (Wildman–Crippen MR) is 104 cm³/mol. The Morgan fingerprint density at radius 3 is 2.96 bits per heavy atom. The minimum absolute atomic E-state index is 0.0392. The highest BCUT2D eigenvalue weighted by Gasteiger charge is 2.13. The molecule has 1 aliphatic heterocycles. The van der Waals surface area contributed by atoms with Gasteiger partial charge in [-0.2, -0.15) is 5.10 Å². The fourth-order valence-corrected chi connectivity index (χ4v) is 2.78. The maximum Gasteiger partial charge on any atom is 0.231 e. The predicted octanol–water partition coefficient (Wildman–Crippen LogP) is 2.32. The highest BCUT2D eigenvalue weighted by molar-refractivity contribution is 5.96. The van der Waals surface area contributed by atoms with Crippen LogP contribution < -0.4 is 15.2 Å². The molecule has 0 amide bonds. The Kier molecular flexibility index (Phi) is 5.03. The molecule has 1 aromatic heterocycles. The summed E-state index contributed by atoms with van der Waals surface area (Å²) >= 11 is 0. The van der Waals surface area contributed by atoms with E-state index in [0.717, 1.165) is 28.5 Å². The van der Waals surface area contributed by atoms with Crippen LogP contribution >= 0.6 is 0 Å². The van der Waals surface area contributed by atoms with E-state index < -0.39 is 0 Å². The zero-order chi connectivity index (χ0) is 19.3. The second-order valence-electron chi connectivity index (χ2n) is 6.20. The highest BCUT2D eigenvalue weighted by atomic mass is 16.7. The van der Waals surface area contributed by atoms with Gasteiger partial charge in [-0.15, -0.1) is 0 Å². The molecule has 28 heavy (non-hydrogen) atoms. The number of aliphatic imine (C=N–C) groups is 1. The summed E-state index contributed by atoms with van der Waals surface area (Å²) in [4.78, 5) is 8.73. The number of nitrogens with zero attached hydrogens (tertiary/aromatic N) is 3. The van der Waals surface area contributed by atoms with Crippen molar-refractivity contribution in [2.45, 2.75) is 13.0 Å². The number of aromatic amines is 1. The average Bonchev–Trinajstić information content (AvgIpc) is 3.35. The number of ether oxygens (including phenoxy) is 2. The van der Waals surface area contributed by atoms with Crippen LogP contribution in [0, 0.1) is 0 Å². The van der Waals surface area contributed by atoms with E-state index in [1.54, 1.807) is 18.2 Å². The number of rotatable bonds is 6. The summed E-state index contributed by atoms with van der Waals surface area (Å²) < 4.78 is 10.7. The fourth-order valence-electron chi connectivity index (χ4n) is 2.78. The molecule has 8 nitrogen and oxygen atoms in total. The molecule has 0 saturated heterocycles. The maximum absolute atomic E-state index is 9.18. The van der Waals surface area contributed by atoms with E-state index >= 15 is 0 Å². The van der Waals surface area contributed by atoms with Gasteiger partial charge in [0.2, 0.25) is 6.79 Å². The Labute approximate surface area is 161 Å². The van der Waals surface area contributed by atoms with Crippen LogP contribution in [-0.2, 0) is 13.0 Å². The van der Waals surface area contributed by atoms with Crippen LogP contribution in [0.4, 0.5) is 5.69 Å². The van der Waals surface area contributed by atoms with Crippen molar-refractivity contribution in [1.29, 1.82) is 0 Å². The summed E-state index contributed by atoms with van der Waals surface area (Å²) in [5, 5.41) is 16.3. The first-order chi connectivity index (χ1) is 13.7. The van der Waals surface area contributed by atoms with Gasteiger partial charge in [0.05, 0.1) is 12.3 Å². The molecule has 2 heterocycles. The van der Waals surface area contributed by atoms with E-state index in [2.05, 4.69) is 20.2 Å². The lowest BCUT2D eigenvalue weighted by molar-refractivity contribution is 0.174. The molecular weight excluding hydrogens is 358 g/mol. The standard InChI is InChI=1S/C20H19N5O3/c21-18(22-15-3-1-2-14(8-15)11-26)6-7-19-23-20(25-24-19)10-13-4-5-16-17(9-13)28-12-27-16/h1-9,26H,10-12H2,(H2,21,22)(H,23,24,25)/b7-6-. The molecule has 0 aliphatic carbocycles. The molecular formula is C20H19N5O3. The van der Waals surface area contributed by atoms with Gasteiger partial charge in [-0.25, -0.2) is 9.98 Å². The Balaban J connectivity index is 1.41. The second-order valence-corrected chi connectivity index (χ2v) is 6.20. The molecule has 0 radical (unpaired) electrons. The molecule has 142 valence electrons. The van der Waals surface area contributed by atoms with Crippen molar-refractivity contribution in [3.63, 3.8) is 0 Å². The molecule has 8 heteroatoms. The van der Waals surface area contributed by atoms with Gasteiger partial charge in [-0.05, 0) is 47.5 Å². The van der Waals surface area contributed by atoms with Gasteiger partial charge in [0.15, 0.2) is 17.3 Å². The smallest absolute Gasteiger partial charge is 0.231 e. The first-order valence-corrected chi connectivity index (χ1v) is 8.71. The summed E-state index contributed by atoms with van der Waals surface area (Å²) in [5.41, 5.74) is 8.43. The number of aliphatic hydroxyl groups is 1. The van der Waals surface area contributed by atoms with Gasteiger partial charge < -0.3 is 20.3 Å². The monoisotopic (exact) mass is 377 g/mol. The molecule has 0 unspecified atom stereocenters. The number of aliphatic hydroxyl groups excluding tert-OH is 1. The number of nitrogens with two attached hydrogens (primary N) is 1. The Morgan fingerprint density at radius 2 is 2.07 bits per heavy atom. The lowest BCUT2D eigenvalue weighted by Crippen LogP contribution is -2.06. The molecule has 0 saturated carbocycles. The number of benzene rings is 2. The maximum atomic E-state index is 9.18. The van der Waals surface area contributed by atoms with Crippen molar-refractivity contribution in [2.24, 2.45) is 10.7 Å². The fraction of sp³-hybridized carbons (Fsp3) is 0.150. The van der Waals surface area contributed by atoms with Crippen LogP contribution in [0.15, 0.2) is 53.5 Å². The summed E-state index contributed by atoms with van der Waals surface area (Å²) in [6, 6.07) is 13.0. The summed E-state index contributed by atoms with van der Waals surface area (Å²) in [7, 11) is 0. The van der Waals surface area contributed by atoms with Gasteiger partial charge in [-0.3, -0.25) is 5.10 Å². The molecule has 2 aromatic carbocycles. The lowest BCUT2D eigenvalue weighted by atomic mass is 10.1. The van der Waals surface area contributed by atoms with Crippen molar-refractivity contribution >= 4 is 17.6 Å². The highest BCUT2D eigenvalue weighted by Crippen LogP contribution is 2.32. The lowest BCUT2D eigenvalue weighted by Gasteiger charge is -2.00. The molecule has 4 N–H and O–H groups in total. The van der Waals surface area contributed by atoms with Gasteiger partial charge in [-0.1, -0.05) is 18.2 Å². The number of aromatic nitrogens is 3. The van der Waals surface area contributed by atoms with Crippen LogP contribution in [0.5, 0.6) is 11.5 Å². The van der Waals surface area contributed by atoms with Crippen LogP contribution in [-0.4, -0.2) is 32.9 Å². The van der Waals surface area contributed by atoms with E-state index in [0.29, 0.717) is 23.8 Å². The quantitative estimate of drug-likeness (QED) is 0.448. The third kappa shape index (κ3) is 4.18. The summed E-state index contributed by atoms with van der Waals surface area (Å²) in [6.45, 7) is 0.214. The zero-order valence-corrected chi connectivity index (χ0v) is 15.0. The zero-order valence-electron chi connectivity index (χ0n) is 15.0. The molecule has 0 spiro atoms. The van der Waals surface area contributed by atoms with Crippen molar-refractivity contribution in [3.05, 3.63) is 71.3 Å². The Morgan fingerprint density at radius 1 is 1.18 bits per heavy atom. The van der Waals surface area contributed by atoms with Crippen LogP contribution in [0.25, 0.3) is 6.08 Å². The first kappa shape index (κ1) is 17.7. The Bertz CT molecular complexity index is 1040. The Hall–Kier alpha value is -3.65. The second kappa shape index (κ2) is 7.93. The number of nitrogens with one attached hydrogen (secondary N) is 1. The molecule has 0 fully saturated rings. The number of fused-ring (bicyclic) bond motifs is 1. The number of amidine groups is 1. The molecule has 0 bridgehead atoms. The molecule has 0 atom stereocenters. The molecule has 3 aromatic rings. The minimum atomic E-state index is -0.0392. The SMILES string of the molecule is NC(/C=C\c1n[nH]c(Cc2ccc3c(c2)OCO3)n1)=Nc1cccc(CO)c1. The summed E-state index contributed by atoms with van der Waals surface area (Å²) in [5.74, 6) is 3.05. The first-order valence-electron chi connectivity index (χ1n) is 8.71. The van der Waals surface area contributed by atoms with Crippen LogP contribution in [0.2, 0.25) is 0 Å². The van der Waals surface area contributed by atoms with Gasteiger partial charge >= 0.3 is 0 Å². The van der Waals surface area contributed by atoms with Gasteiger partial charge in [0, 0.05) is 6.42 Å². The van der Waals surface area contributed by atoms with E-state index in [1.165, 1.54) is 0 Å². The average molecular weight is 377 g/mol. The molecule has 1 aliphatic rings. The third-order valence-corrected chi connectivity index (χ3v) is 4.11. The van der Waals surface area contributed by atoms with Crippen molar-refractivity contribution in [2.75, 3.05) is 6.79 Å². The van der Waals surface area contributed by atoms with Crippen LogP contribution in [0.1, 0.15) is 22.8 Å². The topological polar surface area (TPSA) is 119 Å². The van der Waals surface area contributed by atoms with Crippen molar-refractivity contribution in [3.8, 4) is 11.5 Å². The summed E-state index contributed by atoms with van der Waals surface area (Å²) in [6.07, 6.45) is 3.92. The van der Waals surface area contributed by atoms with Crippen LogP contribution in [0.3, 0.4) is 0 Å². The van der Waals surface area contributed by atoms with Crippen molar-refractivity contribution < 1.29 is 14.6 Å². The van der Waals surface area contributed by atoms with E-state index in [-0.39, 0.29) is 13.4 Å². The normalized spacial score (nSPS) is 13.4. The van der Waals surface area contributed by atoms with Gasteiger partial charge in [0.1, 0.15) is 11.7 Å². The third-order valence-electron chi connectivity index (χ3n) is 4.11. The van der Waals surface area contributed by atoms with Gasteiger partial charge in [0.25, 0.3) is 0 Å². The minimum Gasteiger partial charge on any atom is -0.454 e. The van der Waals surface area contributed by atoms with E-state index in [9.17, 15) is 5.11 Å².